The number of nitrogens with one attached hydrogen (secondary N) is 1. The molecule has 0 atom stereocenters. The summed E-state index contributed by atoms with van der Waals surface area (Å²) in [4.78, 5) is -0.146. The van der Waals surface area contributed by atoms with Crippen LogP contribution in [0.25, 0.3) is 0 Å². The summed E-state index contributed by atoms with van der Waals surface area (Å²) < 4.78 is 41.2. The van der Waals surface area contributed by atoms with Crippen LogP contribution in [0.2, 0.25) is 5.02 Å². The Balaban J connectivity index is 2.46. The average Bonchev–Trinajstić information content (AvgIpc) is 2.37. The maximum absolute atomic E-state index is 13.3. The van der Waals surface area contributed by atoms with E-state index in [0.717, 1.165) is 12.1 Å². The second-order valence-electron chi connectivity index (χ2n) is 4.03. The molecule has 112 valence electrons. The molecule has 2 rings (SSSR count). The van der Waals surface area contributed by atoms with Crippen molar-refractivity contribution in [2.24, 2.45) is 0 Å². The number of anilines is 2. The van der Waals surface area contributed by atoms with Gasteiger partial charge in [-0.15, -0.1) is 0 Å². The first kappa shape index (κ1) is 16.8. The fourth-order valence-corrected chi connectivity index (χ4v) is 4.84. The molecular formula is C12H8BrClFIN2O2S. The van der Waals surface area contributed by atoms with Crippen LogP contribution in [0, 0.1) is 9.39 Å². The van der Waals surface area contributed by atoms with E-state index in [2.05, 4.69) is 20.7 Å². The van der Waals surface area contributed by atoms with Crippen LogP contribution in [0.15, 0.2) is 39.7 Å². The Morgan fingerprint density at radius 3 is 2.57 bits per heavy atom. The van der Waals surface area contributed by atoms with E-state index in [1.165, 1.54) is 0 Å². The van der Waals surface area contributed by atoms with E-state index in [9.17, 15) is 12.8 Å². The quantitative estimate of drug-likeness (QED) is 0.485. The van der Waals surface area contributed by atoms with E-state index in [-0.39, 0.29) is 15.1 Å². The Bertz CT molecular complexity index is 817. The number of hydrogen-bond donors (Lipinski definition) is 2. The summed E-state index contributed by atoms with van der Waals surface area (Å²) in [6, 6.07) is 6.80. The molecule has 0 unspecified atom stereocenters. The third-order valence-electron chi connectivity index (χ3n) is 2.52. The Labute approximate surface area is 148 Å². The SMILES string of the molecule is Nc1cc(S(=O)(=O)Nc2ccc(Cl)cc2I)c(Br)cc1F. The van der Waals surface area contributed by atoms with Gasteiger partial charge < -0.3 is 5.73 Å². The highest BCUT2D eigenvalue weighted by Gasteiger charge is 2.21. The topological polar surface area (TPSA) is 72.2 Å². The van der Waals surface area contributed by atoms with Crippen LogP contribution in [-0.2, 0) is 10.0 Å². The van der Waals surface area contributed by atoms with Crippen LogP contribution in [0.1, 0.15) is 0 Å². The van der Waals surface area contributed by atoms with Gasteiger partial charge in [0.2, 0.25) is 0 Å². The highest BCUT2D eigenvalue weighted by Crippen LogP contribution is 2.30. The summed E-state index contributed by atoms with van der Waals surface area (Å²) in [6.45, 7) is 0. The van der Waals surface area contributed by atoms with E-state index >= 15 is 0 Å². The zero-order valence-corrected chi connectivity index (χ0v) is 15.5. The molecule has 0 fully saturated rings. The molecular weight excluding hydrogens is 497 g/mol. The standard InChI is InChI=1S/C12H8BrClFIN2O2S/c13-7-4-8(15)10(17)5-12(7)21(19,20)18-11-2-1-6(14)3-9(11)16/h1-5,18H,17H2. The summed E-state index contributed by atoms with van der Waals surface area (Å²) >= 11 is 10.8. The minimum Gasteiger partial charge on any atom is -0.396 e. The summed E-state index contributed by atoms with van der Waals surface area (Å²) in [7, 11) is -3.91. The van der Waals surface area contributed by atoms with Crippen LogP contribution < -0.4 is 10.5 Å². The first-order valence-electron chi connectivity index (χ1n) is 5.43. The second kappa shape index (κ2) is 6.27. The van der Waals surface area contributed by atoms with Gasteiger partial charge in [-0.05, 0) is 68.9 Å². The van der Waals surface area contributed by atoms with Crippen LogP contribution in [0.5, 0.6) is 0 Å². The minimum absolute atomic E-state index is 0.0886. The van der Waals surface area contributed by atoms with Gasteiger partial charge in [0.25, 0.3) is 10.0 Å². The van der Waals surface area contributed by atoms with E-state index in [1.807, 2.05) is 22.6 Å². The van der Waals surface area contributed by atoms with Gasteiger partial charge in [0.15, 0.2) is 0 Å². The molecule has 0 amide bonds. The molecule has 0 heterocycles. The molecule has 0 radical (unpaired) electrons. The number of hydrogen-bond acceptors (Lipinski definition) is 3. The predicted molar refractivity (Wildman–Crippen MR) is 93.5 cm³/mol. The molecule has 4 nitrogen and oxygen atoms in total. The maximum atomic E-state index is 13.3. The van der Waals surface area contributed by atoms with Crippen molar-refractivity contribution in [1.82, 2.24) is 0 Å². The van der Waals surface area contributed by atoms with Crippen LogP contribution in [0.4, 0.5) is 15.8 Å². The van der Waals surface area contributed by atoms with Crippen molar-refractivity contribution in [2.75, 3.05) is 10.5 Å². The Morgan fingerprint density at radius 2 is 1.95 bits per heavy atom. The van der Waals surface area contributed by atoms with Gasteiger partial charge in [0.05, 0.1) is 11.4 Å². The number of sulfonamides is 1. The molecule has 0 spiro atoms. The van der Waals surface area contributed by atoms with Crippen molar-refractivity contribution in [3.63, 3.8) is 0 Å². The normalized spacial score (nSPS) is 11.4. The second-order valence-corrected chi connectivity index (χ2v) is 8.14. The maximum Gasteiger partial charge on any atom is 0.263 e. The fourth-order valence-electron chi connectivity index (χ4n) is 1.52. The lowest BCUT2D eigenvalue weighted by Gasteiger charge is -2.12. The zero-order chi connectivity index (χ0) is 15.8. The van der Waals surface area contributed by atoms with Crippen molar-refractivity contribution in [2.45, 2.75) is 4.90 Å². The molecule has 21 heavy (non-hydrogen) atoms. The van der Waals surface area contributed by atoms with Crippen molar-refractivity contribution in [3.8, 4) is 0 Å². The Morgan fingerprint density at radius 1 is 1.29 bits per heavy atom. The predicted octanol–water partition coefficient (Wildman–Crippen LogP) is 4.23. The van der Waals surface area contributed by atoms with Gasteiger partial charge in [-0.1, -0.05) is 11.6 Å². The molecule has 0 aliphatic heterocycles. The number of benzene rings is 2. The lowest BCUT2D eigenvalue weighted by Crippen LogP contribution is -2.15. The molecule has 0 aromatic heterocycles. The number of halogens is 4. The average molecular weight is 506 g/mol. The van der Waals surface area contributed by atoms with E-state index in [1.54, 1.807) is 18.2 Å². The lowest BCUT2D eigenvalue weighted by molar-refractivity contribution is 0.599. The third-order valence-corrected chi connectivity index (χ3v) is 5.97. The van der Waals surface area contributed by atoms with Crippen LogP contribution in [-0.4, -0.2) is 8.42 Å². The van der Waals surface area contributed by atoms with Gasteiger partial charge in [-0.3, -0.25) is 4.72 Å². The van der Waals surface area contributed by atoms with Gasteiger partial charge in [-0.25, -0.2) is 12.8 Å². The van der Waals surface area contributed by atoms with E-state index in [4.69, 9.17) is 17.3 Å². The smallest absolute Gasteiger partial charge is 0.263 e. The molecule has 2 aromatic rings. The van der Waals surface area contributed by atoms with Crippen molar-refractivity contribution >= 4 is 71.5 Å². The van der Waals surface area contributed by atoms with Crippen molar-refractivity contribution < 1.29 is 12.8 Å². The molecule has 2 aromatic carbocycles. The highest BCUT2D eigenvalue weighted by atomic mass is 127. The Hall–Kier alpha value is -0.580. The molecule has 0 aliphatic rings. The van der Waals surface area contributed by atoms with Gasteiger partial charge >= 0.3 is 0 Å². The highest BCUT2D eigenvalue weighted by molar-refractivity contribution is 14.1. The molecule has 0 aliphatic carbocycles. The molecule has 9 heteroatoms. The monoisotopic (exact) mass is 504 g/mol. The summed E-state index contributed by atoms with van der Waals surface area (Å²) in [5.41, 5.74) is 5.55. The van der Waals surface area contributed by atoms with E-state index < -0.39 is 15.8 Å². The van der Waals surface area contributed by atoms with Crippen molar-refractivity contribution in [3.05, 3.63) is 49.2 Å². The molecule has 0 saturated carbocycles. The Kier molecular flexibility index (Phi) is 5.01. The van der Waals surface area contributed by atoms with Gasteiger partial charge in [0, 0.05) is 13.1 Å². The molecule has 0 saturated heterocycles. The first-order valence-corrected chi connectivity index (χ1v) is 9.16. The fraction of sp³-hybridized carbons (Fsp3) is 0. The van der Waals surface area contributed by atoms with Crippen LogP contribution in [0.3, 0.4) is 0 Å². The number of rotatable bonds is 3. The van der Waals surface area contributed by atoms with Crippen LogP contribution >= 0.6 is 50.1 Å². The van der Waals surface area contributed by atoms with Gasteiger partial charge in [0.1, 0.15) is 10.7 Å². The molecule has 3 N–H and O–H groups in total. The van der Waals surface area contributed by atoms with E-state index in [0.29, 0.717) is 14.3 Å². The minimum atomic E-state index is -3.91. The lowest BCUT2D eigenvalue weighted by atomic mass is 10.3. The van der Waals surface area contributed by atoms with Crippen molar-refractivity contribution in [1.29, 1.82) is 0 Å². The summed E-state index contributed by atoms with van der Waals surface area (Å²) in [6.07, 6.45) is 0. The van der Waals surface area contributed by atoms with Gasteiger partial charge in [-0.2, -0.15) is 0 Å². The first-order chi connectivity index (χ1) is 9.70. The largest absolute Gasteiger partial charge is 0.396 e. The molecule has 0 bridgehead atoms. The number of nitrogens with two attached hydrogens (primary N) is 1. The number of nitrogen functional groups attached to an aromatic ring is 1. The summed E-state index contributed by atoms with van der Waals surface area (Å²) in [5.74, 6) is -0.693. The summed E-state index contributed by atoms with van der Waals surface area (Å²) in [5, 5.41) is 0.495. The zero-order valence-electron chi connectivity index (χ0n) is 10.2. The third kappa shape index (κ3) is 3.79.